The van der Waals surface area contributed by atoms with Crippen molar-refractivity contribution in [1.82, 2.24) is 0 Å². The average Bonchev–Trinajstić information content (AvgIpc) is 2.63. The fourth-order valence-corrected chi connectivity index (χ4v) is 2.71. The van der Waals surface area contributed by atoms with Gasteiger partial charge in [0.15, 0.2) is 0 Å². The Morgan fingerprint density at radius 1 is 0.724 bits per heavy atom. The van der Waals surface area contributed by atoms with Crippen molar-refractivity contribution in [3.8, 4) is 0 Å². The molecule has 0 N–H and O–H groups in total. The first-order chi connectivity index (χ1) is 13.3. The van der Waals surface area contributed by atoms with Crippen LogP contribution in [0.5, 0.6) is 0 Å². The standard InChI is InChI=1S/C19H34O8S.Na/c1-2-3-4-5-6-7-8-9-10-11-15-25-18(20)13-14-19(21)26-16-12-17-27-28(22,23)24;/h13-14H,2-12,15-17H2,1H3,(H,22,23,24);/q;+1/p-1/b14-13-;. The maximum Gasteiger partial charge on any atom is 1.00 e. The van der Waals surface area contributed by atoms with Gasteiger partial charge >= 0.3 is 41.5 Å². The second kappa shape index (κ2) is 20.8. The molecule has 0 aromatic carbocycles. The first kappa shape index (κ1) is 30.7. The summed E-state index contributed by atoms with van der Waals surface area (Å²) < 4.78 is 44.2. The number of hydrogen-bond acceptors (Lipinski definition) is 8. The van der Waals surface area contributed by atoms with Gasteiger partial charge in [-0.2, -0.15) is 0 Å². The van der Waals surface area contributed by atoms with E-state index in [2.05, 4.69) is 11.1 Å². The van der Waals surface area contributed by atoms with Crippen LogP contribution in [0, 0.1) is 0 Å². The van der Waals surface area contributed by atoms with Crippen molar-refractivity contribution in [2.24, 2.45) is 0 Å². The number of esters is 2. The Kier molecular flexibility index (Phi) is 22.1. The Balaban J connectivity index is 0. The molecule has 8 nitrogen and oxygen atoms in total. The number of unbranched alkanes of at least 4 members (excludes halogenated alkanes) is 9. The van der Waals surface area contributed by atoms with Crippen LogP contribution < -0.4 is 29.6 Å². The van der Waals surface area contributed by atoms with Crippen LogP contribution in [0.3, 0.4) is 0 Å². The molecule has 0 rings (SSSR count). The van der Waals surface area contributed by atoms with Crippen LogP contribution in [0.1, 0.15) is 77.6 Å². The van der Waals surface area contributed by atoms with Gasteiger partial charge in [-0.05, 0) is 6.42 Å². The van der Waals surface area contributed by atoms with Crippen molar-refractivity contribution in [3.05, 3.63) is 12.2 Å². The zero-order valence-corrected chi connectivity index (χ0v) is 20.5. The number of carbonyl (C=O) groups is 2. The third-order valence-electron chi connectivity index (χ3n) is 3.86. The quantitative estimate of drug-likeness (QED) is 0.0745. The Morgan fingerprint density at radius 2 is 1.14 bits per heavy atom. The van der Waals surface area contributed by atoms with Gasteiger partial charge in [0.2, 0.25) is 10.4 Å². The summed E-state index contributed by atoms with van der Waals surface area (Å²) in [4.78, 5) is 22.8. The van der Waals surface area contributed by atoms with Crippen LogP contribution in [-0.2, 0) is 33.6 Å². The Labute approximate surface area is 197 Å². The molecule has 0 aliphatic rings. The molecule has 0 amide bonds. The van der Waals surface area contributed by atoms with E-state index in [4.69, 9.17) is 9.47 Å². The van der Waals surface area contributed by atoms with E-state index >= 15 is 0 Å². The number of ether oxygens (including phenoxy) is 2. The molecule has 0 aromatic rings. The van der Waals surface area contributed by atoms with Gasteiger partial charge in [-0.3, -0.25) is 4.18 Å². The van der Waals surface area contributed by atoms with Crippen LogP contribution in [0.2, 0.25) is 0 Å². The molecule has 29 heavy (non-hydrogen) atoms. The molecule has 0 fully saturated rings. The van der Waals surface area contributed by atoms with E-state index in [1.54, 1.807) is 0 Å². The van der Waals surface area contributed by atoms with Crippen molar-refractivity contribution in [2.45, 2.75) is 77.6 Å². The molecule has 10 heteroatoms. The predicted octanol–water partition coefficient (Wildman–Crippen LogP) is 0.421. The summed E-state index contributed by atoms with van der Waals surface area (Å²) in [6.07, 6.45) is 13.9. The van der Waals surface area contributed by atoms with E-state index in [1.807, 2.05) is 0 Å². The van der Waals surface area contributed by atoms with Crippen molar-refractivity contribution >= 4 is 22.3 Å². The molecule has 0 saturated carbocycles. The summed E-state index contributed by atoms with van der Waals surface area (Å²) in [5.74, 6) is -1.38. The smallest absolute Gasteiger partial charge is 0.726 e. The number of hydrogen-bond donors (Lipinski definition) is 0. The first-order valence-electron chi connectivity index (χ1n) is 9.97. The zero-order chi connectivity index (χ0) is 21.1. The number of rotatable bonds is 18. The van der Waals surface area contributed by atoms with Crippen LogP contribution in [0.25, 0.3) is 0 Å². The van der Waals surface area contributed by atoms with E-state index < -0.39 is 22.3 Å². The molecule has 0 aliphatic heterocycles. The summed E-state index contributed by atoms with van der Waals surface area (Å²) in [6, 6.07) is 0. The minimum absolute atomic E-state index is 0. The maximum absolute atomic E-state index is 11.5. The molecule has 0 heterocycles. The van der Waals surface area contributed by atoms with Gasteiger partial charge in [-0.1, -0.05) is 64.7 Å². The van der Waals surface area contributed by atoms with Gasteiger partial charge < -0.3 is 14.0 Å². The molecule has 0 radical (unpaired) electrons. The minimum Gasteiger partial charge on any atom is -0.726 e. The second-order valence-corrected chi connectivity index (χ2v) is 7.49. The summed E-state index contributed by atoms with van der Waals surface area (Å²) in [7, 11) is -4.73. The van der Waals surface area contributed by atoms with Crippen molar-refractivity contribution in [3.63, 3.8) is 0 Å². The van der Waals surface area contributed by atoms with Crippen LogP contribution in [0.15, 0.2) is 12.2 Å². The van der Waals surface area contributed by atoms with E-state index in [0.717, 1.165) is 31.4 Å². The predicted molar refractivity (Wildman–Crippen MR) is 103 cm³/mol. The third-order valence-corrected chi connectivity index (χ3v) is 4.31. The molecule has 0 unspecified atom stereocenters. The molecular formula is C19H33NaO8S. The minimum atomic E-state index is -4.73. The van der Waals surface area contributed by atoms with Crippen molar-refractivity contribution in [2.75, 3.05) is 19.8 Å². The van der Waals surface area contributed by atoms with Crippen LogP contribution in [-0.4, -0.2) is 44.7 Å². The normalized spacial score (nSPS) is 11.2. The SMILES string of the molecule is CCCCCCCCCCCCOC(=O)/C=C\C(=O)OCCCOS(=O)(=O)[O-].[Na+]. The molecule has 0 atom stereocenters. The molecule has 164 valence electrons. The summed E-state index contributed by atoms with van der Waals surface area (Å²) >= 11 is 0. The van der Waals surface area contributed by atoms with Gasteiger partial charge in [0.05, 0.1) is 19.8 Å². The topological polar surface area (TPSA) is 119 Å². The van der Waals surface area contributed by atoms with E-state index in [0.29, 0.717) is 6.61 Å². The second-order valence-electron chi connectivity index (χ2n) is 6.43. The fourth-order valence-electron chi connectivity index (χ4n) is 2.39. The van der Waals surface area contributed by atoms with E-state index in [9.17, 15) is 22.6 Å². The maximum atomic E-state index is 11.5. The van der Waals surface area contributed by atoms with Gasteiger partial charge in [-0.25, -0.2) is 18.0 Å². The van der Waals surface area contributed by atoms with Gasteiger partial charge in [0.25, 0.3) is 0 Å². The van der Waals surface area contributed by atoms with E-state index in [1.165, 1.54) is 44.9 Å². The van der Waals surface area contributed by atoms with Gasteiger partial charge in [0.1, 0.15) is 0 Å². The summed E-state index contributed by atoms with van der Waals surface area (Å²) in [5, 5.41) is 0. The zero-order valence-electron chi connectivity index (χ0n) is 17.7. The molecule has 0 spiro atoms. The summed E-state index contributed by atoms with van der Waals surface area (Å²) in [5.41, 5.74) is 0. The Morgan fingerprint density at radius 3 is 1.59 bits per heavy atom. The van der Waals surface area contributed by atoms with Crippen LogP contribution in [0.4, 0.5) is 0 Å². The monoisotopic (exact) mass is 444 g/mol. The fraction of sp³-hybridized carbons (Fsp3) is 0.789. The molecule has 0 aliphatic carbocycles. The van der Waals surface area contributed by atoms with Gasteiger partial charge in [0, 0.05) is 18.6 Å². The first-order valence-corrected chi connectivity index (χ1v) is 11.3. The number of carbonyl (C=O) groups excluding carboxylic acids is 2. The van der Waals surface area contributed by atoms with Crippen LogP contribution >= 0.6 is 0 Å². The van der Waals surface area contributed by atoms with Crippen molar-refractivity contribution in [1.29, 1.82) is 0 Å². The Hall–Kier alpha value is -0.450. The Bertz CT molecular complexity index is 548. The molecule has 0 saturated heterocycles. The average molecular weight is 445 g/mol. The molecular weight excluding hydrogens is 411 g/mol. The van der Waals surface area contributed by atoms with Crippen molar-refractivity contribution < 1.29 is 65.8 Å². The van der Waals surface area contributed by atoms with Gasteiger partial charge in [-0.15, -0.1) is 0 Å². The largest absolute Gasteiger partial charge is 1.00 e. The van der Waals surface area contributed by atoms with E-state index in [-0.39, 0.29) is 49.2 Å². The third kappa shape index (κ3) is 25.5. The summed E-state index contributed by atoms with van der Waals surface area (Å²) in [6.45, 7) is 2.02. The molecule has 0 aromatic heterocycles. The molecule has 0 bridgehead atoms.